The van der Waals surface area contributed by atoms with Crippen molar-refractivity contribution in [3.8, 4) is 0 Å². The highest BCUT2D eigenvalue weighted by Crippen LogP contribution is 2.34. The SMILES string of the molecule is O=C(CCS(=O)(=O)c1cccc2ncsc12)N1CCN(c2c(Cl)cccc2Cl)CC1. The van der Waals surface area contributed by atoms with Gasteiger partial charge in [0.25, 0.3) is 0 Å². The number of para-hydroxylation sites is 1. The van der Waals surface area contributed by atoms with E-state index in [1.165, 1.54) is 11.3 Å². The average molecular weight is 484 g/mol. The maximum Gasteiger partial charge on any atom is 0.223 e. The predicted octanol–water partition coefficient (Wildman–Crippen LogP) is 4.12. The highest BCUT2D eigenvalue weighted by Gasteiger charge is 2.26. The molecule has 0 bridgehead atoms. The summed E-state index contributed by atoms with van der Waals surface area (Å²) in [6.45, 7) is 2.15. The van der Waals surface area contributed by atoms with Crippen LogP contribution in [0.2, 0.25) is 10.0 Å². The molecular weight excluding hydrogens is 465 g/mol. The second kappa shape index (κ2) is 8.70. The molecule has 0 unspecified atom stereocenters. The first-order chi connectivity index (χ1) is 14.4. The maximum absolute atomic E-state index is 12.8. The van der Waals surface area contributed by atoms with Crippen molar-refractivity contribution in [2.75, 3.05) is 36.8 Å². The lowest BCUT2D eigenvalue weighted by Crippen LogP contribution is -2.49. The van der Waals surface area contributed by atoms with Crippen LogP contribution in [0.15, 0.2) is 46.8 Å². The molecule has 1 aliphatic heterocycles. The van der Waals surface area contributed by atoms with E-state index >= 15 is 0 Å². The number of thiazole rings is 1. The highest BCUT2D eigenvalue weighted by molar-refractivity contribution is 7.91. The van der Waals surface area contributed by atoms with E-state index in [0.29, 0.717) is 46.4 Å². The van der Waals surface area contributed by atoms with E-state index in [1.807, 2.05) is 0 Å². The number of aromatic nitrogens is 1. The lowest BCUT2D eigenvalue weighted by Gasteiger charge is -2.37. The molecule has 0 saturated carbocycles. The van der Waals surface area contributed by atoms with Crippen molar-refractivity contribution in [3.05, 3.63) is 52.0 Å². The van der Waals surface area contributed by atoms with Crippen molar-refractivity contribution in [3.63, 3.8) is 0 Å². The van der Waals surface area contributed by atoms with Crippen LogP contribution in [0.25, 0.3) is 10.2 Å². The summed E-state index contributed by atoms with van der Waals surface area (Å²) >= 11 is 13.8. The number of nitrogens with zero attached hydrogens (tertiary/aromatic N) is 3. The zero-order valence-corrected chi connectivity index (χ0v) is 19.1. The number of fused-ring (bicyclic) bond motifs is 1. The first kappa shape index (κ1) is 21.4. The van der Waals surface area contributed by atoms with Crippen LogP contribution >= 0.6 is 34.5 Å². The maximum atomic E-state index is 12.8. The molecule has 1 aliphatic rings. The van der Waals surface area contributed by atoms with Crippen molar-refractivity contribution >= 4 is 66.2 Å². The molecule has 1 amide bonds. The Hall–Kier alpha value is -1.87. The number of amides is 1. The van der Waals surface area contributed by atoms with Crippen molar-refractivity contribution < 1.29 is 13.2 Å². The molecule has 158 valence electrons. The molecule has 2 heterocycles. The summed E-state index contributed by atoms with van der Waals surface area (Å²) in [6, 6.07) is 10.4. The molecule has 4 rings (SSSR count). The van der Waals surface area contributed by atoms with Crippen LogP contribution < -0.4 is 4.90 Å². The van der Waals surface area contributed by atoms with Gasteiger partial charge in [-0.1, -0.05) is 35.3 Å². The molecule has 0 N–H and O–H groups in total. The van der Waals surface area contributed by atoms with Gasteiger partial charge in [0.05, 0.1) is 42.1 Å². The Bertz CT molecular complexity index is 1170. The minimum atomic E-state index is -3.58. The van der Waals surface area contributed by atoms with Crippen LogP contribution in [0, 0.1) is 0 Å². The van der Waals surface area contributed by atoms with Gasteiger partial charge in [0.1, 0.15) is 0 Å². The van der Waals surface area contributed by atoms with Crippen molar-refractivity contribution in [2.45, 2.75) is 11.3 Å². The normalized spacial score (nSPS) is 15.0. The Kier molecular flexibility index (Phi) is 6.20. The fourth-order valence-electron chi connectivity index (χ4n) is 3.57. The molecule has 0 radical (unpaired) electrons. The van der Waals surface area contributed by atoms with E-state index in [0.717, 1.165) is 5.69 Å². The van der Waals surface area contributed by atoms with Crippen molar-refractivity contribution in [1.82, 2.24) is 9.88 Å². The van der Waals surface area contributed by atoms with Gasteiger partial charge in [-0.15, -0.1) is 11.3 Å². The van der Waals surface area contributed by atoms with Gasteiger partial charge in [-0.2, -0.15) is 0 Å². The number of piperazine rings is 1. The van der Waals surface area contributed by atoms with Gasteiger partial charge in [-0.3, -0.25) is 4.79 Å². The third-order valence-electron chi connectivity index (χ3n) is 5.13. The standard InChI is InChI=1S/C20H19Cl2N3O3S2/c21-14-3-1-4-15(22)19(14)25-10-8-24(9-11-25)18(26)7-12-30(27,28)17-6-2-5-16-20(17)29-13-23-16/h1-6,13H,7-12H2. The number of hydrogen-bond acceptors (Lipinski definition) is 6. The molecule has 1 saturated heterocycles. The van der Waals surface area contributed by atoms with E-state index in [2.05, 4.69) is 9.88 Å². The van der Waals surface area contributed by atoms with Crippen LogP contribution in [-0.2, 0) is 14.6 Å². The largest absolute Gasteiger partial charge is 0.366 e. The topological polar surface area (TPSA) is 70.6 Å². The first-order valence-electron chi connectivity index (χ1n) is 9.38. The third-order valence-corrected chi connectivity index (χ3v) is 8.49. The summed E-state index contributed by atoms with van der Waals surface area (Å²) in [6.07, 6.45) is -0.0512. The second-order valence-corrected chi connectivity index (χ2v) is 10.7. The Balaban J connectivity index is 1.38. The number of rotatable bonds is 5. The predicted molar refractivity (Wildman–Crippen MR) is 122 cm³/mol. The van der Waals surface area contributed by atoms with Crippen molar-refractivity contribution in [1.29, 1.82) is 0 Å². The molecule has 10 heteroatoms. The molecule has 6 nitrogen and oxygen atoms in total. The van der Waals surface area contributed by atoms with Gasteiger partial charge in [0, 0.05) is 32.6 Å². The Morgan fingerprint density at radius 3 is 2.40 bits per heavy atom. The Morgan fingerprint density at radius 2 is 1.70 bits per heavy atom. The molecule has 1 aromatic heterocycles. The Morgan fingerprint density at radius 1 is 1.03 bits per heavy atom. The summed E-state index contributed by atoms with van der Waals surface area (Å²) in [5.41, 5.74) is 3.05. The van der Waals surface area contributed by atoms with Crippen LogP contribution in [-0.4, -0.2) is 56.1 Å². The zero-order valence-electron chi connectivity index (χ0n) is 15.9. The molecule has 0 spiro atoms. The summed E-state index contributed by atoms with van der Waals surface area (Å²) in [4.78, 5) is 20.8. The molecular formula is C20H19Cl2N3O3S2. The lowest BCUT2D eigenvalue weighted by molar-refractivity contribution is -0.131. The van der Waals surface area contributed by atoms with Crippen LogP contribution in [0.5, 0.6) is 0 Å². The molecule has 3 aromatic rings. The molecule has 2 aromatic carbocycles. The summed E-state index contributed by atoms with van der Waals surface area (Å²) < 4.78 is 26.3. The summed E-state index contributed by atoms with van der Waals surface area (Å²) in [5, 5.41) is 1.15. The second-order valence-electron chi connectivity index (χ2n) is 6.96. The molecule has 30 heavy (non-hydrogen) atoms. The lowest BCUT2D eigenvalue weighted by atomic mass is 10.2. The third kappa shape index (κ3) is 4.27. The van der Waals surface area contributed by atoms with E-state index < -0.39 is 9.84 Å². The van der Waals surface area contributed by atoms with E-state index in [-0.39, 0.29) is 23.0 Å². The number of hydrogen-bond donors (Lipinski definition) is 0. The van der Waals surface area contributed by atoms with Crippen LogP contribution in [0.4, 0.5) is 5.69 Å². The smallest absolute Gasteiger partial charge is 0.223 e. The molecule has 1 fully saturated rings. The van der Waals surface area contributed by atoms with Crippen molar-refractivity contribution in [2.24, 2.45) is 0 Å². The van der Waals surface area contributed by atoms with Gasteiger partial charge in [-0.05, 0) is 24.3 Å². The number of benzene rings is 2. The fraction of sp³-hybridized carbons (Fsp3) is 0.300. The van der Waals surface area contributed by atoms with E-state index in [4.69, 9.17) is 23.2 Å². The number of anilines is 1. The van der Waals surface area contributed by atoms with Gasteiger partial charge in [0.15, 0.2) is 9.84 Å². The zero-order chi connectivity index (χ0) is 21.3. The van der Waals surface area contributed by atoms with Gasteiger partial charge in [-0.25, -0.2) is 13.4 Å². The van der Waals surface area contributed by atoms with Gasteiger partial charge < -0.3 is 9.80 Å². The number of sulfone groups is 1. The number of carbonyl (C=O) groups is 1. The average Bonchev–Trinajstić information content (AvgIpc) is 3.21. The molecule has 0 atom stereocenters. The monoisotopic (exact) mass is 483 g/mol. The quantitative estimate of drug-likeness (QED) is 0.545. The van der Waals surface area contributed by atoms with Crippen LogP contribution in [0.1, 0.15) is 6.42 Å². The van der Waals surface area contributed by atoms with E-state index in [1.54, 1.807) is 46.8 Å². The van der Waals surface area contributed by atoms with E-state index in [9.17, 15) is 13.2 Å². The van der Waals surface area contributed by atoms with Gasteiger partial charge >= 0.3 is 0 Å². The number of halogens is 2. The molecule has 0 aliphatic carbocycles. The first-order valence-corrected chi connectivity index (χ1v) is 12.7. The minimum Gasteiger partial charge on any atom is -0.366 e. The summed E-state index contributed by atoms with van der Waals surface area (Å²) in [5.74, 6) is -0.390. The highest BCUT2D eigenvalue weighted by atomic mass is 35.5. The fourth-order valence-corrected chi connectivity index (χ4v) is 6.76. The number of carbonyl (C=O) groups excluding carboxylic acids is 1. The van der Waals surface area contributed by atoms with Gasteiger partial charge in [0.2, 0.25) is 5.91 Å². The van der Waals surface area contributed by atoms with Crippen LogP contribution in [0.3, 0.4) is 0 Å². The minimum absolute atomic E-state index is 0.0512. The summed E-state index contributed by atoms with van der Waals surface area (Å²) in [7, 11) is -3.58. The Labute approximate surface area is 188 Å².